The van der Waals surface area contributed by atoms with Crippen molar-refractivity contribution in [2.24, 2.45) is 11.3 Å². The minimum absolute atomic E-state index is 0.0262. The van der Waals surface area contributed by atoms with E-state index in [4.69, 9.17) is 9.47 Å². The van der Waals surface area contributed by atoms with Crippen molar-refractivity contribution in [3.63, 3.8) is 0 Å². The molecular formula is C37H51F3N6O9S. The van der Waals surface area contributed by atoms with Gasteiger partial charge in [-0.05, 0) is 76.5 Å². The summed E-state index contributed by atoms with van der Waals surface area (Å²) in [5, 5.41) is 6.92. The number of hydrogen-bond acceptors (Lipinski definition) is 10. The molecule has 2 heterocycles. The number of rotatable bonds is 11. The van der Waals surface area contributed by atoms with Crippen LogP contribution < -0.4 is 25.6 Å². The van der Waals surface area contributed by atoms with Crippen molar-refractivity contribution >= 4 is 51.3 Å². The Balaban J connectivity index is 1.41. The number of likely N-dealkylation sites (tertiary alicyclic amines) is 1. The Labute approximate surface area is 324 Å². The first-order valence-electron chi connectivity index (χ1n) is 18.6. The van der Waals surface area contributed by atoms with Gasteiger partial charge < -0.3 is 29.9 Å². The van der Waals surface area contributed by atoms with Gasteiger partial charge >= 0.3 is 18.4 Å². The lowest BCUT2D eigenvalue weighted by molar-refractivity contribution is -0.143. The molecule has 5 atom stereocenters. The molecule has 4 fully saturated rings. The highest BCUT2D eigenvalue weighted by Gasteiger charge is 2.62. The third kappa shape index (κ3) is 9.87. The summed E-state index contributed by atoms with van der Waals surface area (Å²) in [6.07, 6.45) is -4.42. The van der Waals surface area contributed by atoms with Crippen molar-refractivity contribution in [3.05, 3.63) is 36.4 Å². The number of benzene rings is 1. The standard InChI is InChI=1S/C37H51F3N6O9S/c1-8-21-19-36(21,31(49)44-56(52,53)24-12-13-24)43-29(47)27-18-23(20-46(27)30(48)28(34(2,3)4)42-33(51)55-35(5,6)7)54-32(50)41-25-17-22(37(38,39)40)11-14-26(25)45-15-9-10-16-45/h8,11,14,17,21,23-24,27-28H,1,9-10,12-13,15-16,18-20H2,2-7H3,(H,41,50)(H,42,51)(H,43,47)(H,44,49)/t21?,23-,27+,28-,36?/m1/s1. The van der Waals surface area contributed by atoms with E-state index in [1.165, 1.54) is 12.1 Å². The number of carbonyl (C=O) groups is 5. The summed E-state index contributed by atoms with van der Waals surface area (Å²) >= 11 is 0. The number of hydrogen-bond donors (Lipinski definition) is 4. The highest BCUT2D eigenvalue weighted by Crippen LogP contribution is 2.46. The molecule has 0 spiro atoms. The van der Waals surface area contributed by atoms with Gasteiger partial charge in [0.15, 0.2) is 0 Å². The second kappa shape index (κ2) is 15.4. The molecule has 19 heteroatoms. The van der Waals surface area contributed by atoms with E-state index >= 15 is 0 Å². The number of alkyl halides is 3. The van der Waals surface area contributed by atoms with Crippen molar-refractivity contribution in [1.29, 1.82) is 0 Å². The highest BCUT2D eigenvalue weighted by molar-refractivity contribution is 7.91. The summed E-state index contributed by atoms with van der Waals surface area (Å²) in [6, 6.07) is 0.327. The average molecular weight is 813 g/mol. The first-order valence-corrected chi connectivity index (χ1v) is 20.1. The van der Waals surface area contributed by atoms with Crippen LogP contribution in [0.1, 0.15) is 85.6 Å². The maximum Gasteiger partial charge on any atom is 0.416 e. The van der Waals surface area contributed by atoms with Gasteiger partial charge in [-0.2, -0.15) is 13.2 Å². The zero-order chi connectivity index (χ0) is 41.6. The Morgan fingerprint density at radius 1 is 1.00 bits per heavy atom. The second-order valence-electron chi connectivity index (χ2n) is 16.9. The summed E-state index contributed by atoms with van der Waals surface area (Å²) < 4.78 is 79.5. The number of amides is 5. The van der Waals surface area contributed by atoms with E-state index < -0.39 is 97.6 Å². The monoisotopic (exact) mass is 812 g/mol. The molecule has 56 heavy (non-hydrogen) atoms. The van der Waals surface area contributed by atoms with Crippen LogP contribution in [-0.2, 0) is 40.1 Å². The number of ether oxygens (including phenoxy) is 2. The molecule has 15 nitrogen and oxygen atoms in total. The summed E-state index contributed by atoms with van der Waals surface area (Å²) in [4.78, 5) is 71.2. The fourth-order valence-corrected chi connectivity index (χ4v) is 8.33. The van der Waals surface area contributed by atoms with Gasteiger partial charge in [-0.15, -0.1) is 6.58 Å². The number of nitrogens with zero attached hydrogens (tertiary/aromatic N) is 2. The normalized spacial score (nSPS) is 24.5. The smallest absolute Gasteiger partial charge is 0.416 e. The van der Waals surface area contributed by atoms with E-state index in [9.17, 15) is 45.6 Å². The molecule has 2 saturated carbocycles. The fourth-order valence-electron chi connectivity index (χ4n) is 6.97. The lowest BCUT2D eigenvalue weighted by atomic mass is 9.85. The maximum absolute atomic E-state index is 14.4. The van der Waals surface area contributed by atoms with Crippen LogP contribution in [-0.4, -0.2) is 97.4 Å². The molecule has 4 N–H and O–H groups in total. The highest BCUT2D eigenvalue weighted by atomic mass is 32.2. The van der Waals surface area contributed by atoms with Crippen molar-refractivity contribution in [2.75, 3.05) is 29.9 Å². The van der Waals surface area contributed by atoms with Gasteiger partial charge in [0.25, 0.3) is 5.91 Å². The summed E-state index contributed by atoms with van der Waals surface area (Å²) in [5.74, 6) is -3.22. The predicted molar refractivity (Wildman–Crippen MR) is 199 cm³/mol. The molecule has 0 radical (unpaired) electrons. The van der Waals surface area contributed by atoms with E-state index in [2.05, 4.69) is 27.3 Å². The van der Waals surface area contributed by atoms with Crippen LogP contribution >= 0.6 is 0 Å². The number of halogens is 3. The van der Waals surface area contributed by atoms with E-state index in [-0.39, 0.29) is 25.1 Å². The number of nitrogens with one attached hydrogen (secondary N) is 4. The fraction of sp³-hybridized carbons (Fsp3) is 0.649. The Kier molecular flexibility index (Phi) is 11.7. The largest absolute Gasteiger partial charge is 0.444 e. The van der Waals surface area contributed by atoms with Crippen LogP contribution in [0.15, 0.2) is 30.9 Å². The molecular weight excluding hydrogens is 762 g/mol. The number of alkyl carbamates (subject to hydrolysis) is 1. The molecule has 4 aliphatic rings. The molecule has 5 rings (SSSR count). The number of anilines is 2. The van der Waals surface area contributed by atoms with Crippen LogP contribution in [0.2, 0.25) is 0 Å². The molecule has 0 bridgehead atoms. The van der Waals surface area contributed by atoms with Crippen molar-refractivity contribution in [1.82, 2.24) is 20.3 Å². The van der Waals surface area contributed by atoms with Crippen LogP contribution in [0.3, 0.4) is 0 Å². The van der Waals surface area contributed by atoms with Gasteiger partial charge in [-0.1, -0.05) is 26.8 Å². The third-order valence-corrected chi connectivity index (χ3v) is 12.0. The Morgan fingerprint density at radius 2 is 1.64 bits per heavy atom. The first-order chi connectivity index (χ1) is 25.8. The maximum atomic E-state index is 14.4. The van der Waals surface area contributed by atoms with E-state index in [0.29, 0.717) is 31.6 Å². The molecule has 1 aromatic carbocycles. The zero-order valence-corrected chi connectivity index (χ0v) is 33.2. The van der Waals surface area contributed by atoms with Gasteiger partial charge in [-0.3, -0.25) is 24.4 Å². The van der Waals surface area contributed by atoms with Gasteiger partial charge in [0.1, 0.15) is 29.3 Å². The lowest BCUT2D eigenvalue weighted by Gasteiger charge is -2.36. The third-order valence-electron chi connectivity index (χ3n) is 10.2. The molecule has 2 saturated heterocycles. The molecule has 2 aliphatic heterocycles. The number of carbonyl (C=O) groups excluding carboxylic acids is 5. The Hall–Kier alpha value is -4.55. The van der Waals surface area contributed by atoms with E-state index in [1.54, 1.807) is 41.5 Å². The van der Waals surface area contributed by atoms with Crippen LogP contribution in [0, 0.1) is 11.3 Å². The molecule has 1 aromatic rings. The van der Waals surface area contributed by atoms with Gasteiger partial charge in [0, 0.05) is 25.4 Å². The van der Waals surface area contributed by atoms with Crippen LogP contribution in [0.25, 0.3) is 0 Å². The predicted octanol–water partition coefficient (Wildman–Crippen LogP) is 4.43. The molecule has 2 aliphatic carbocycles. The van der Waals surface area contributed by atoms with Gasteiger partial charge in [0.05, 0.1) is 28.7 Å². The minimum atomic E-state index is -4.70. The minimum Gasteiger partial charge on any atom is -0.444 e. The molecule has 2 unspecified atom stereocenters. The molecule has 0 aromatic heterocycles. The van der Waals surface area contributed by atoms with E-state index in [0.717, 1.165) is 29.9 Å². The van der Waals surface area contributed by atoms with Gasteiger partial charge in [-0.25, -0.2) is 18.0 Å². The Morgan fingerprint density at radius 3 is 2.18 bits per heavy atom. The van der Waals surface area contributed by atoms with Crippen molar-refractivity contribution < 1.29 is 55.0 Å². The van der Waals surface area contributed by atoms with E-state index in [1.807, 2.05) is 4.90 Å². The zero-order valence-electron chi connectivity index (χ0n) is 32.4. The topological polar surface area (TPSA) is 193 Å². The summed E-state index contributed by atoms with van der Waals surface area (Å²) in [7, 11) is -3.99. The Bertz CT molecular complexity index is 1850. The molecule has 5 amide bonds. The summed E-state index contributed by atoms with van der Waals surface area (Å²) in [5.41, 5.74) is -4.33. The molecule has 310 valence electrons. The SMILES string of the molecule is C=CC1CC1(NC(=O)[C@@H]1C[C@@H](OC(=O)Nc2cc(C(F)(F)F)ccc2N2CCCC2)CN1C(=O)[C@@H](NC(=O)OC(C)(C)C)C(C)(C)C)C(=O)NS(=O)(=O)C1CC1. The van der Waals surface area contributed by atoms with Crippen LogP contribution in [0.5, 0.6) is 0 Å². The first kappa shape index (κ1) is 42.6. The quantitative estimate of drug-likeness (QED) is 0.233. The lowest BCUT2D eigenvalue weighted by Crippen LogP contribution is -2.60. The van der Waals surface area contributed by atoms with Crippen LogP contribution in [0.4, 0.5) is 34.1 Å². The average Bonchev–Trinajstić information content (AvgIpc) is 3.94. The number of sulfonamides is 1. The van der Waals surface area contributed by atoms with Gasteiger partial charge in [0.2, 0.25) is 21.8 Å². The van der Waals surface area contributed by atoms with Crippen molar-refractivity contribution in [3.8, 4) is 0 Å². The summed E-state index contributed by atoms with van der Waals surface area (Å²) in [6.45, 7) is 14.4. The van der Waals surface area contributed by atoms with Crippen molar-refractivity contribution in [2.45, 2.75) is 121 Å². The second-order valence-corrected chi connectivity index (χ2v) is 18.9.